The van der Waals surface area contributed by atoms with Crippen LogP contribution in [0.25, 0.3) is 0 Å². The zero-order valence-corrected chi connectivity index (χ0v) is 30.4. The summed E-state index contributed by atoms with van der Waals surface area (Å²) in [6.07, 6.45) is 0. The van der Waals surface area contributed by atoms with Crippen LogP contribution in [0.1, 0.15) is 158 Å². The van der Waals surface area contributed by atoms with Gasteiger partial charge in [0.2, 0.25) is 0 Å². The van der Waals surface area contributed by atoms with Gasteiger partial charge < -0.3 is 0 Å². The van der Waals surface area contributed by atoms with Crippen molar-refractivity contribution in [3.8, 4) is 0 Å². The summed E-state index contributed by atoms with van der Waals surface area (Å²) in [7, 11) is -0.798. The van der Waals surface area contributed by atoms with Gasteiger partial charge in [0.05, 0.1) is 0 Å². The Bertz CT molecular complexity index is 1220. The van der Waals surface area contributed by atoms with Crippen molar-refractivity contribution in [2.45, 2.75) is 157 Å². The Morgan fingerprint density at radius 3 is 0.923 bits per heavy atom. The number of rotatable bonds is 2. The van der Waals surface area contributed by atoms with E-state index in [0.29, 0.717) is 0 Å². The van der Waals surface area contributed by atoms with Crippen molar-refractivity contribution in [1.82, 2.24) is 0 Å². The highest BCUT2D eigenvalue weighted by molar-refractivity contribution is 7.94. The Balaban J connectivity index is 3.18. The predicted octanol–water partition coefficient (Wildman–Crippen LogP) is 11.1. The van der Waals surface area contributed by atoms with Gasteiger partial charge in [0.1, 0.15) is 0 Å². The maximum atomic E-state index is 14.9. The zero-order chi connectivity index (χ0) is 30.7. The molecule has 0 bridgehead atoms. The minimum atomic E-state index is -1.71. The third-order valence-electron chi connectivity index (χ3n) is 7.57. The molecule has 0 spiro atoms. The maximum Gasteiger partial charge on any atom is 0.157 e. The summed E-state index contributed by atoms with van der Waals surface area (Å²) in [5, 5.41) is 2.32. The van der Waals surface area contributed by atoms with Gasteiger partial charge in [-0.2, -0.15) is 0 Å². The molecule has 0 N–H and O–H groups in total. The third kappa shape index (κ3) is 7.98. The molecule has 2 rings (SSSR count). The smallest absolute Gasteiger partial charge is 0.157 e. The van der Waals surface area contributed by atoms with E-state index in [4.69, 9.17) is 0 Å². The molecule has 2 aromatic carbocycles. The van der Waals surface area contributed by atoms with E-state index in [1.165, 1.54) is 38.7 Å². The van der Waals surface area contributed by atoms with Crippen LogP contribution in [0.4, 0.5) is 0 Å². The lowest BCUT2D eigenvalue weighted by atomic mass is 9.75. The molecule has 0 radical (unpaired) electrons. The number of hydrogen-bond donors (Lipinski definition) is 0. The molecular formula is C36H58OP2. The van der Waals surface area contributed by atoms with E-state index in [1.54, 1.807) is 0 Å². The lowest BCUT2D eigenvalue weighted by Gasteiger charge is -2.33. The molecule has 39 heavy (non-hydrogen) atoms. The van der Waals surface area contributed by atoms with Gasteiger partial charge in [-0.15, -0.1) is 0 Å². The van der Waals surface area contributed by atoms with Gasteiger partial charge >= 0.3 is 0 Å². The molecule has 0 heterocycles. The van der Waals surface area contributed by atoms with Crippen molar-refractivity contribution in [2.75, 3.05) is 0 Å². The minimum absolute atomic E-state index is 0.0173. The summed E-state index contributed by atoms with van der Waals surface area (Å²) in [4.78, 5) is 0. The van der Waals surface area contributed by atoms with Crippen molar-refractivity contribution in [3.63, 3.8) is 0 Å². The van der Waals surface area contributed by atoms with Gasteiger partial charge in [-0.25, -0.2) is 0 Å². The summed E-state index contributed by atoms with van der Waals surface area (Å²) in [6, 6.07) is 9.51. The third-order valence-corrected chi connectivity index (χ3v) is 11.0. The average Bonchev–Trinajstić information content (AvgIpc) is 2.68. The van der Waals surface area contributed by atoms with E-state index >= 15 is 0 Å². The van der Waals surface area contributed by atoms with E-state index in [1.807, 2.05) is 0 Å². The minimum Gasteiger partial charge on any atom is -0.272 e. The van der Waals surface area contributed by atoms with Crippen LogP contribution in [0, 0.1) is 0 Å². The highest BCUT2D eigenvalue weighted by atomic mass is 31.7. The van der Waals surface area contributed by atoms with Crippen molar-refractivity contribution < 1.29 is 4.57 Å². The quantitative estimate of drug-likeness (QED) is 0.329. The molecule has 1 unspecified atom stereocenters. The first-order chi connectivity index (χ1) is 17.1. The molecular weight excluding hydrogens is 510 g/mol. The van der Waals surface area contributed by atoms with Crippen LogP contribution < -0.4 is 10.6 Å². The van der Waals surface area contributed by atoms with Crippen LogP contribution in [-0.4, -0.2) is 0 Å². The Labute approximate surface area is 244 Å². The molecule has 0 aliphatic carbocycles. The van der Waals surface area contributed by atoms with Crippen LogP contribution in [0.3, 0.4) is 0 Å². The Hall–Kier alpha value is -1.16. The normalized spacial score (nSPS) is 14.7. The van der Waals surface area contributed by atoms with Crippen molar-refractivity contribution in [1.29, 1.82) is 0 Å². The molecule has 0 saturated heterocycles. The van der Waals surface area contributed by atoms with E-state index in [0.717, 1.165) is 13.2 Å². The predicted molar refractivity (Wildman–Crippen MR) is 179 cm³/mol. The van der Waals surface area contributed by atoms with Gasteiger partial charge in [-0.3, -0.25) is 4.57 Å². The largest absolute Gasteiger partial charge is 0.272 e. The fourth-order valence-corrected chi connectivity index (χ4v) is 9.52. The summed E-state index contributed by atoms with van der Waals surface area (Å²) >= 11 is 0. The molecule has 0 aliphatic heterocycles. The van der Waals surface area contributed by atoms with Crippen LogP contribution in [0.5, 0.6) is 0 Å². The maximum absolute atomic E-state index is 14.9. The second kappa shape index (κ2) is 10.6. The standard InChI is InChI=1S/C36H58OP2/c1-31(2,3)23-19-25(33(7,8)9)29(26(20-23)34(10,11)12)38-39(37)30-27(35(13,14)15)21-24(32(4,5)6)22-28(30)36(16,17)18/h19-22H,1-18H3. The Morgan fingerprint density at radius 2 is 0.692 bits per heavy atom. The second-order valence-electron chi connectivity index (χ2n) is 17.7. The molecule has 218 valence electrons. The van der Waals surface area contributed by atoms with Crippen molar-refractivity contribution in [2.24, 2.45) is 0 Å². The fourth-order valence-electron chi connectivity index (χ4n) is 4.88. The molecule has 1 atom stereocenters. The summed E-state index contributed by atoms with van der Waals surface area (Å²) < 4.78 is 14.9. The van der Waals surface area contributed by atoms with Gasteiger partial charge in [0.25, 0.3) is 0 Å². The first-order valence-electron chi connectivity index (χ1n) is 14.6. The van der Waals surface area contributed by atoms with Crippen LogP contribution in [0.15, 0.2) is 24.3 Å². The van der Waals surface area contributed by atoms with Gasteiger partial charge in [-0.05, 0) is 65.9 Å². The summed E-state index contributed by atoms with van der Waals surface area (Å²) in [5.74, 6) is 0. The van der Waals surface area contributed by atoms with Crippen molar-refractivity contribution >= 4 is 25.6 Å². The molecule has 3 heteroatoms. The Morgan fingerprint density at radius 1 is 0.436 bits per heavy atom. The first-order valence-corrected chi connectivity index (χ1v) is 17.5. The first kappa shape index (κ1) is 34.0. The molecule has 0 fully saturated rings. The summed E-state index contributed by atoms with van der Waals surface area (Å²) in [6.45, 7) is 41.1. The monoisotopic (exact) mass is 568 g/mol. The van der Waals surface area contributed by atoms with E-state index in [9.17, 15) is 4.57 Å². The van der Waals surface area contributed by atoms with Crippen LogP contribution in [0.2, 0.25) is 0 Å². The van der Waals surface area contributed by atoms with E-state index in [2.05, 4.69) is 149 Å². The van der Waals surface area contributed by atoms with Gasteiger partial charge in [0.15, 0.2) is 7.09 Å². The Kier molecular flexibility index (Phi) is 9.25. The van der Waals surface area contributed by atoms with E-state index in [-0.39, 0.29) is 32.5 Å². The zero-order valence-electron chi connectivity index (χ0n) is 28.6. The fraction of sp³-hybridized carbons (Fsp3) is 0.667. The lowest BCUT2D eigenvalue weighted by Crippen LogP contribution is -2.31. The molecule has 0 aliphatic rings. The van der Waals surface area contributed by atoms with E-state index < -0.39 is 7.09 Å². The van der Waals surface area contributed by atoms with Crippen LogP contribution in [-0.2, 0) is 37.1 Å². The lowest BCUT2D eigenvalue weighted by molar-refractivity contribution is 0.551. The molecule has 0 saturated carbocycles. The van der Waals surface area contributed by atoms with Gasteiger partial charge in [0, 0.05) is 18.5 Å². The van der Waals surface area contributed by atoms with Crippen LogP contribution >= 0.6 is 15.0 Å². The van der Waals surface area contributed by atoms with Gasteiger partial charge in [-0.1, -0.05) is 149 Å². The SMILES string of the molecule is CC(C)(C)c1cc(C(C)(C)C)c(P=P(=O)c2c(C(C)(C)C)cc(C(C)(C)C)cc2C(C)(C)C)c(C(C)(C)C)c1. The molecule has 0 aromatic heterocycles. The highest BCUT2D eigenvalue weighted by Gasteiger charge is 2.32. The number of hydrogen-bond acceptors (Lipinski definition) is 1. The molecule has 1 nitrogen and oxygen atoms in total. The summed E-state index contributed by atoms with van der Waals surface area (Å²) in [5.41, 5.74) is 7.49. The molecule has 0 amide bonds. The topological polar surface area (TPSA) is 17.1 Å². The second-order valence-corrected chi connectivity index (χ2v) is 21.0. The molecule has 2 aromatic rings. The average molecular weight is 569 g/mol. The van der Waals surface area contributed by atoms with Crippen molar-refractivity contribution in [3.05, 3.63) is 57.6 Å². The highest BCUT2D eigenvalue weighted by Crippen LogP contribution is 2.42. The number of benzene rings is 2.